The largest absolute Gasteiger partial charge is 0.235 e. The van der Waals surface area contributed by atoms with Crippen LogP contribution in [0.3, 0.4) is 0 Å². The fraction of sp³-hybridized carbons (Fsp3) is 0.0625. The number of fused-ring (bicyclic) bond motifs is 1. The van der Waals surface area contributed by atoms with Crippen LogP contribution in [0.2, 0.25) is 10.0 Å². The lowest BCUT2D eigenvalue weighted by Crippen LogP contribution is -1.92. The molecule has 0 N–H and O–H groups in total. The molecule has 7 heteroatoms. The van der Waals surface area contributed by atoms with Gasteiger partial charge in [0.05, 0.1) is 5.02 Å². The number of rotatable bonds is 2. The molecule has 2 aromatic carbocycles. The normalized spacial score (nSPS) is 11.3. The first-order valence-corrected chi connectivity index (χ1v) is 8.44. The first-order valence-electron chi connectivity index (χ1n) is 6.86. The molecule has 0 unspecified atom stereocenters. The number of halogens is 2. The molecule has 0 saturated carbocycles. The molecule has 4 aromatic rings. The number of aryl methyl sites for hydroxylation is 1. The van der Waals surface area contributed by atoms with Crippen LogP contribution in [0.25, 0.3) is 26.9 Å². The van der Waals surface area contributed by atoms with Crippen molar-refractivity contribution in [1.29, 1.82) is 0 Å². The Morgan fingerprint density at radius 2 is 1.78 bits per heavy atom. The van der Waals surface area contributed by atoms with E-state index in [2.05, 4.69) is 46.5 Å². The van der Waals surface area contributed by atoms with Crippen molar-refractivity contribution in [3.8, 4) is 22.0 Å². The zero-order valence-corrected chi connectivity index (χ0v) is 14.3. The van der Waals surface area contributed by atoms with E-state index in [0.29, 0.717) is 15.9 Å². The predicted octanol–water partition coefficient (Wildman–Crippen LogP) is 5.14. The summed E-state index contributed by atoms with van der Waals surface area (Å²) in [4.78, 5) is 0.724. The van der Waals surface area contributed by atoms with E-state index in [1.54, 1.807) is 16.6 Å². The molecular weight excluding hydrogens is 351 g/mol. The highest BCUT2D eigenvalue weighted by atomic mass is 35.5. The average Bonchev–Trinajstić information content (AvgIpc) is 3.09. The molecule has 4 rings (SSSR count). The summed E-state index contributed by atoms with van der Waals surface area (Å²) in [5, 5.41) is 15.0. The van der Waals surface area contributed by atoms with Crippen LogP contribution in [0, 0.1) is 6.92 Å². The summed E-state index contributed by atoms with van der Waals surface area (Å²) < 4.78 is 1.72. The van der Waals surface area contributed by atoms with Crippen molar-refractivity contribution in [2.75, 3.05) is 0 Å². The maximum Gasteiger partial charge on any atom is 0.235 e. The highest BCUT2D eigenvalue weighted by molar-refractivity contribution is 7.19. The van der Waals surface area contributed by atoms with Gasteiger partial charge in [-0.1, -0.05) is 64.4 Å². The van der Waals surface area contributed by atoms with Crippen molar-refractivity contribution in [3.63, 3.8) is 0 Å². The lowest BCUT2D eigenvalue weighted by Gasteiger charge is -2.01. The molecule has 0 aliphatic heterocycles. The molecule has 2 heterocycles. The van der Waals surface area contributed by atoms with E-state index < -0.39 is 0 Å². The second-order valence-electron chi connectivity index (χ2n) is 5.12. The van der Waals surface area contributed by atoms with Gasteiger partial charge in [0.1, 0.15) is 5.01 Å². The molecule has 0 spiro atoms. The number of benzene rings is 2. The molecule has 0 fully saturated rings. The molecule has 0 amide bonds. The first kappa shape index (κ1) is 14.6. The maximum absolute atomic E-state index is 6.27. The van der Waals surface area contributed by atoms with Crippen molar-refractivity contribution >= 4 is 39.5 Å². The summed E-state index contributed by atoms with van der Waals surface area (Å²) in [6.45, 7) is 2.06. The molecule has 114 valence electrons. The van der Waals surface area contributed by atoms with E-state index >= 15 is 0 Å². The SMILES string of the molecule is Cc1ccc(-c2nn3c(-c4ccc(Cl)cc4Cl)nnc3s2)cc1. The summed E-state index contributed by atoms with van der Waals surface area (Å²) in [6, 6.07) is 13.5. The van der Waals surface area contributed by atoms with E-state index in [0.717, 1.165) is 21.1 Å². The molecular formula is C16H10Cl2N4S. The van der Waals surface area contributed by atoms with Gasteiger partial charge in [-0.2, -0.15) is 9.61 Å². The van der Waals surface area contributed by atoms with Gasteiger partial charge < -0.3 is 0 Å². The third-order valence-electron chi connectivity index (χ3n) is 3.46. The Morgan fingerprint density at radius 1 is 1.00 bits per heavy atom. The predicted molar refractivity (Wildman–Crippen MR) is 94.3 cm³/mol. The second-order valence-corrected chi connectivity index (χ2v) is 6.91. The summed E-state index contributed by atoms with van der Waals surface area (Å²) in [6.07, 6.45) is 0. The smallest absolute Gasteiger partial charge is 0.182 e. The molecule has 23 heavy (non-hydrogen) atoms. The Balaban J connectivity index is 1.85. The number of nitrogens with zero attached hydrogens (tertiary/aromatic N) is 4. The Kier molecular flexibility index (Phi) is 3.56. The first-order chi connectivity index (χ1) is 11.1. The van der Waals surface area contributed by atoms with Crippen molar-refractivity contribution in [1.82, 2.24) is 19.8 Å². The zero-order valence-electron chi connectivity index (χ0n) is 12.0. The van der Waals surface area contributed by atoms with Crippen molar-refractivity contribution < 1.29 is 0 Å². The van der Waals surface area contributed by atoms with Crippen molar-refractivity contribution in [3.05, 3.63) is 58.1 Å². The fourth-order valence-corrected chi connectivity index (χ4v) is 3.61. The molecule has 4 nitrogen and oxygen atoms in total. The standard InChI is InChI=1S/C16H10Cl2N4S/c1-9-2-4-10(5-3-9)15-21-22-14(19-20-16(22)23-15)12-7-6-11(17)8-13(12)18/h2-8H,1H3. The van der Waals surface area contributed by atoms with Crippen LogP contribution >= 0.6 is 34.5 Å². The molecule has 2 aromatic heterocycles. The van der Waals surface area contributed by atoms with Gasteiger partial charge in [0.2, 0.25) is 4.96 Å². The number of hydrogen-bond acceptors (Lipinski definition) is 4. The van der Waals surface area contributed by atoms with Crippen LogP contribution in [0.5, 0.6) is 0 Å². The Morgan fingerprint density at radius 3 is 2.52 bits per heavy atom. The summed E-state index contributed by atoms with van der Waals surface area (Å²) in [7, 11) is 0. The molecule has 0 aliphatic rings. The molecule has 0 bridgehead atoms. The van der Waals surface area contributed by atoms with Gasteiger partial charge in [-0.05, 0) is 25.1 Å². The van der Waals surface area contributed by atoms with Gasteiger partial charge in [0.25, 0.3) is 0 Å². The van der Waals surface area contributed by atoms with E-state index in [9.17, 15) is 0 Å². The van der Waals surface area contributed by atoms with Gasteiger partial charge in [-0.15, -0.1) is 10.2 Å². The minimum atomic E-state index is 0.525. The lowest BCUT2D eigenvalue weighted by atomic mass is 10.2. The zero-order chi connectivity index (χ0) is 16.0. The Bertz CT molecular complexity index is 1000. The van der Waals surface area contributed by atoms with Gasteiger partial charge in [0.15, 0.2) is 5.82 Å². The monoisotopic (exact) mass is 360 g/mol. The Labute approximate surface area is 146 Å². The van der Waals surface area contributed by atoms with Crippen LogP contribution in [0.4, 0.5) is 0 Å². The summed E-state index contributed by atoms with van der Waals surface area (Å²) >= 11 is 13.7. The minimum absolute atomic E-state index is 0.525. The van der Waals surface area contributed by atoms with E-state index in [-0.39, 0.29) is 0 Å². The van der Waals surface area contributed by atoms with Gasteiger partial charge in [-0.3, -0.25) is 0 Å². The van der Waals surface area contributed by atoms with E-state index in [1.165, 1.54) is 16.9 Å². The van der Waals surface area contributed by atoms with Crippen LogP contribution < -0.4 is 0 Å². The third kappa shape index (κ3) is 2.61. The van der Waals surface area contributed by atoms with Crippen LogP contribution in [-0.4, -0.2) is 19.8 Å². The highest BCUT2D eigenvalue weighted by Gasteiger charge is 2.16. The lowest BCUT2D eigenvalue weighted by molar-refractivity contribution is 0.970. The second kappa shape index (κ2) is 5.60. The van der Waals surface area contributed by atoms with Gasteiger partial charge >= 0.3 is 0 Å². The van der Waals surface area contributed by atoms with Crippen LogP contribution in [-0.2, 0) is 0 Å². The molecule has 0 radical (unpaired) electrons. The minimum Gasteiger partial charge on any atom is -0.182 e. The topological polar surface area (TPSA) is 43.1 Å². The quantitative estimate of drug-likeness (QED) is 0.497. The Hall–Kier alpha value is -1.95. The number of aromatic nitrogens is 4. The summed E-state index contributed by atoms with van der Waals surface area (Å²) in [5.41, 5.74) is 3.02. The summed E-state index contributed by atoms with van der Waals surface area (Å²) in [5.74, 6) is 0.608. The van der Waals surface area contributed by atoms with Gasteiger partial charge in [0, 0.05) is 16.1 Å². The van der Waals surface area contributed by atoms with Gasteiger partial charge in [-0.25, -0.2) is 0 Å². The molecule has 0 atom stereocenters. The van der Waals surface area contributed by atoms with Crippen molar-refractivity contribution in [2.45, 2.75) is 6.92 Å². The average molecular weight is 361 g/mol. The van der Waals surface area contributed by atoms with E-state index in [1.807, 2.05) is 6.07 Å². The number of hydrogen-bond donors (Lipinski definition) is 0. The van der Waals surface area contributed by atoms with E-state index in [4.69, 9.17) is 23.2 Å². The molecule has 0 saturated heterocycles. The highest BCUT2D eigenvalue weighted by Crippen LogP contribution is 2.32. The van der Waals surface area contributed by atoms with Crippen LogP contribution in [0.1, 0.15) is 5.56 Å². The van der Waals surface area contributed by atoms with Crippen LogP contribution in [0.15, 0.2) is 42.5 Å². The fourth-order valence-electron chi connectivity index (χ4n) is 2.27. The maximum atomic E-state index is 6.27. The third-order valence-corrected chi connectivity index (χ3v) is 4.96. The van der Waals surface area contributed by atoms with Crippen molar-refractivity contribution in [2.24, 2.45) is 0 Å². The molecule has 0 aliphatic carbocycles.